The standard InChI is InChI=1S/C11H12IN3/c1-13-8-9-6-7-15(14-9)11-5-3-2-4-10(11)12/h2-7,13H,8H2,1H3. The minimum absolute atomic E-state index is 0.802. The molecule has 4 heteroatoms. The van der Waals surface area contributed by atoms with Crippen molar-refractivity contribution in [2.24, 2.45) is 0 Å². The van der Waals surface area contributed by atoms with Gasteiger partial charge in [-0.2, -0.15) is 5.10 Å². The summed E-state index contributed by atoms with van der Waals surface area (Å²) in [5.41, 5.74) is 2.18. The van der Waals surface area contributed by atoms with Crippen LogP contribution >= 0.6 is 22.6 Å². The highest BCUT2D eigenvalue weighted by atomic mass is 127. The van der Waals surface area contributed by atoms with Gasteiger partial charge in [0.15, 0.2) is 0 Å². The van der Waals surface area contributed by atoms with Crippen LogP contribution in [-0.2, 0) is 6.54 Å². The van der Waals surface area contributed by atoms with E-state index in [-0.39, 0.29) is 0 Å². The second kappa shape index (κ2) is 4.76. The lowest BCUT2D eigenvalue weighted by atomic mass is 10.3. The van der Waals surface area contributed by atoms with Gasteiger partial charge in [0.05, 0.1) is 11.4 Å². The Balaban J connectivity index is 2.33. The third kappa shape index (κ3) is 2.38. The molecule has 1 aromatic carbocycles. The smallest absolute Gasteiger partial charge is 0.0779 e. The Labute approximate surface area is 103 Å². The van der Waals surface area contributed by atoms with Crippen molar-refractivity contribution in [1.29, 1.82) is 0 Å². The molecule has 0 radical (unpaired) electrons. The molecule has 0 unspecified atom stereocenters. The van der Waals surface area contributed by atoms with Crippen molar-refractivity contribution >= 4 is 22.6 Å². The molecule has 2 aromatic rings. The number of aromatic nitrogens is 2. The largest absolute Gasteiger partial charge is 0.314 e. The van der Waals surface area contributed by atoms with Gasteiger partial charge in [-0.05, 0) is 47.8 Å². The molecular weight excluding hydrogens is 301 g/mol. The molecule has 2 rings (SSSR count). The Morgan fingerprint density at radius 1 is 1.33 bits per heavy atom. The van der Waals surface area contributed by atoms with Crippen LogP contribution in [0.2, 0.25) is 0 Å². The quantitative estimate of drug-likeness (QED) is 0.881. The highest BCUT2D eigenvalue weighted by Crippen LogP contribution is 2.15. The first-order chi connectivity index (χ1) is 7.31. The van der Waals surface area contributed by atoms with Crippen molar-refractivity contribution in [2.75, 3.05) is 7.05 Å². The van der Waals surface area contributed by atoms with Gasteiger partial charge in [-0.1, -0.05) is 12.1 Å². The molecule has 1 aromatic heterocycles. The lowest BCUT2D eigenvalue weighted by molar-refractivity contribution is 0.756. The molecule has 0 amide bonds. The van der Waals surface area contributed by atoms with Gasteiger partial charge in [0.2, 0.25) is 0 Å². The minimum Gasteiger partial charge on any atom is -0.314 e. The molecule has 0 saturated carbocycles. The first kappa shape index (κ1) is 10.6. The second-order valence-corrected chi connectivity index (χ2v) is 4.40. The molecule has 0 atom stereocenters. The van der Waals surface area contributed by atoms with Crippen molar-refractivity contribution in [3.8, 4) is 5.69 Å². The molecular formula is C11H12IN3. The number of nitrogens with one attached hydrogen (secondary N) is 1. The summed E-state index contributed by atoms with van der Waals surface area (Å²) in [5.74, 6) is 0. The molecule has 0 fully saturated rings. The molecule has 0 aliphatic carbocycles. The number of nitrogens with zero attached hydrogens (tertiary/aromatic N) is 2. The van der Waals surface area contributed by atoms with E-state index < -0.39 is 0 Å². The van der Waals surface area contributed by atoms with Gasteiger partial charge in [0.1, 0.15) is 0 Å². The highest BCUT2D eigenvalue weighted by Gasteiger charge is 2.03. The van der Waals surface area contributed by atoms with Crippen LogP contribution in [0.3, 0.4) is 0 Å². The summed E-state index contributed by atoms with van der Waals surface area (Å²) in [5, 5.41) is 7.57. The summed E-state index contributed by atoms with van der Waals surface area (Å²) < 4.78 is 3.11. The van der Waals surface area contributed by atoms with Crippen LogP contribution in [0.25, 0.3) is 5.69 Å². The van der Waals surface area contributed by atoms with Crippen molar-refractivity contribution in [2.45, 2.75) is 6.54 Å². The van der Waals surface area contributed by atoms with Crippen molar-refractivity contribution in [1.82, 2.24) is 15.1 Å². The Morgan fingerprint density at radius 3 is 2.87 bits per heavy atom. The molecule has 1 N–H and O–H groups in total. The van der Waals surface area contributed by atoms with E-state index >= 15 is 0 Å². The van der Waals surface area contributed by atoms with Gasteiger partial charge in [0.25, 0.3) is 0 Å². The minimum atomic E-state index is 0.802. The second-order valence-electron chi connectivity index (χ2n) is 3.23. The van der Waals surface area contributed by atoms with Gasteiger partial charge in [0, 0.05) is 16.3 Å². The first-order valence-electron chi connectivity index (χ1n) is 4.75. The fourth-order valence-electron chi connectivity index (χ4n) is 1.41. The third-order valence-corrected chi connectivity index (χ3v) is 3.01. The van der Waals surface area contributed by atoms with E-state index in [1.807, 2.05) is 36.1 Å². The van der Waals surface area contributed by atoms with E-state index in [2.05, 4.69) is 45.1 Å². The van der Waals surface area contributed by atoms with Gasteiger partial charge >= 0.3 is 0 Å². The summed E-state index contributed by atoms with van der Waals surface area (Å²) >= 11 is 2.32. The number of hydrogen-bond acceptors (Lipinski definition) is 2. The maximum atomic E-state index is 4.48. The third-order valence-electron chi connectivity index (χ3n) is 2.10. The molecule has 0 saturated heterocycles. The normalized spacial score (nSPS) is 10.5. The molecule has 0 bridgehead atoms. The molecule has 78 valence electrons. The summed E-state index contributed by atoms with van der Waals surface area (Å²) in [6.07, 6.45) is 1.99. The number of hydrogen-bond donors (Lipinski definition) is 1. The average molecular weight is 313 g/mol. The monoisotopic (exact) mass is 313 g/mol. The van der Waals surface area contributed by atoms with Crippen molar-refractivity contribution in [3.05, 3.63) is 45.8 Å². The zero-order valence-corrected chi connectivity index (χ0v) is 10.6. The zero-order chi connectivity index (χ0) is 10.7. The van der Waals surface area contributed by atoms with E-state index in [9.17, 15) is 0 Å². The molecule has 0 aliphatic rings. The summed E-state index contributed by atoms with van der Waals surface area (Å²) in [4.78, 5) is 0. The fourth-order valence-corrected chi connectivity index (χ4v) is 2.04. The summed E-state index contributed by atoms with van der Waals surface area (Å²) in [6.45, 7) is 0.802. The van der Waals surface area contributed by atoms with Crippen molar-refractivity contribution in [3.63, 3.8) is 0 Å². The van der Waals surface area contributed by atoms with Gasteiger partial charge in [-0.3, -0.25) is 0 Å². The highest BCUT2D eigenvalue weighted by molar-refractivity contribution is 14.1. The molecule has 0 spiro atoms. The van der Waals surface area contributed by atoms with E-state index in [0.717, 1.165) is 17.9 Å². The number of halogens is 1. The molecule has 0 aliphatic heterocycles. The van der Waals surface area contributed by atoms with Crippen molar-refractivity contribution < 1.29 is 0 Å². The zero-order valence-electron chi connectivity index (χ0n) is 8.44. The van der Waals surface area contributed by atoms with Crippen LogP contribution in [0.1, 0.15) is 5.69 Å². The predicted molar refractivity (Wildman–Crippen MR) is 69.0 cm³/mol. The Bertz CT molecular complexity index is 451. The SMILES string of the molecule is CNCc1ccn(-c2ccccc2I)n1. The lowest BCUT2D eigenvalue weighted by Crippen LogP contribution is -2.06. The fraction of sp³-hybridized carbons (Fsp3) is 0.182. The molecule has 15 heavy (non-hydrogen) atoms. The molecule has 3 nitrogen and oxygen atoms in total. The van der Waals surface area contributed by atoms with Crippen LogP contribution in [0.15, 0.2) is 36.5 Å². The number of rotatable bonds is 3. The van der Waals surface area contributed by atoms with E-state index in [1.54, 1.807) is 0 Å². The maximum Gasteiger partial charge on any atom is 0.0779 e. The van der Waals surface area contributed by atoms with E-state index in [4.69, 9.17) is 0 Å². The van der Waals surface area contributed by atoms with Gasteiger partial charge in [-0.15, -0.1) is 0 Å². The predicted octanol–water partition coefficient (Wildman–Crippen LogP) is 2.20. The van der Waals surface area contributed by atoms with E-state index in [1.165, 1.54) is 3.57 Å². The topological polar surface area (TPSA) is 29.9 Å². The lowest BCUT2D eigenvalue weighted by Gasteiger charge is -2.03. The van der Waals surface area contributed by atoms with Gasteiger partial charge in [-0.25, -0.2) is 4.68 Å². The molecule has 1 heterocycles. The first-order valence-corrected chi connectivity index (χ1v) is 5.83. The number of benzene rings is 1. The van der Waals surface area contributed by atoms with Crippen LogP contribution in [-0.4, -0.2) is 16.8 Å². The Kier molecular flexibility index (Phi) is 3.37. The average Bonchev–Trinajstić information content (AvgIpc) is 2.68. The van der Waals surface area contributed by atoms with E-state index in [0.29, 0.717) is 0 Å². The van der Waals surface area contributed by atoms with Crippen LogP contribution in [0, 0.1) is 3.57 Å². The number of para-hydroxylation sites is 1. The van der Waals surface area contributed by atoms with Crippen LogP contribution in [0.4, 0.5) is 0 Å². The maximum absolute atomic E-state index is 4.48. The Hall–Kier alpha value is -0.880. The summed E-state index contributed by atoms with van der Waals surface area (Å²) in [7, 11) is 1.92. The Morgan fingerprint density at radius 2 is 2.13 bits per heavy atom. The van der Waals surface area contributed by atoms with Crippen LogP contribution in [0.5, 0.6) is 0 Å². The van der Waals surface area contributed by atoms with Crippen LogP contribution < -0.4 is 5.32 Å². The van der Waals surface area contributed by atoms with Gasteiger partial charge < -0.3 is 5.32 Å². The summed E-state index contributed by atoms with van der Waals surface area (Å²) in [6, 6.07) is 10.2.